The quantitative estimate of drug-likeness (QED) is 0.438. The van der Waals surface area contributed by atoms with Gasteiger partial charge in [0.05, 0.1) is 0 Å². The van der Waals surface area contributed by atoms with E-state index in [2.05, 4.69) is 0 Å². The normalized spacial score (nSPS) is 18.6. The number of hydrogen-bond acceptors (Lipinski definition) is 5. The number of nitrogens with zero attached hydrogens (tertiary/aromatic N) is 1. The molecule has 0 aliphatic carbocycles. The lowest BCUT2D eigenvalue weighted by atomic mass is 10.0. The van der Waals surface area contributed by atoms with Gasteiger partial charge in [0.15, 0.2) is 0 Å². The maximum absolute atomic E-state index is 12.1. The number of carbonyl (C=O) groups excluding carboxylic acids is 3. The maximum atomic E-state index is 12.1. The minimum atomic E-state index is -1.13. The number of nitrogens with one attached hydrogen (secondary N) is 1. The van der Waals surface area contributed by atoms with Gasteiger partial charge >= 0.3 is 0 Å². The molecule has 1 atom stereocenters. The van der Waals surface area contributed by atoms with Gasteiger partial charge in [0.1, 0.15) is 6.04 Å². The van der Waals surface area contributed by atoms with Gasteiger partial charge < -0.3 is 5.11 Å². The van der Waals surface area contributed by atoms with Gasteiger partial charge in [0.2, 0.25) is 5.91 Å². The van der Waals surface area contributed by atoms with Gasteiger partial charge in [-0.2, -0.15) is 0 Å². The minimum Gasteiger partial charge on any atom is -0.872 e. The van der Waals surface area contributed by atoms with E-state index in [-0.39, 0.29) is 34.8 Å². The second kappa shape index (κ2) is 5.30. The summed E-state index contributed by atoms with van der Waals surface area (Å²) in [7, 11) is 0. The number of amides is 3. The molecule has 1 heterocycles. The van der Waals surface area contributed by atoms with Crippen molar-refractivity contribution in [3.8, 4) is 5.75 Å². The van der Waals surface area contributed by atoms with Gasteiger partial charge in [0, 0.05) is 12.0 Å². The molecule has 1 saturated heterocycles. The molecule has 1 aromatic rings. The van der Waals surface area contributed by atoms with Gasteiger partial charge in [0.25, 0.3) is 11.8 Å². The van der Waals surface area contributed by atoms with Crippen molar-refractivity contribution in [2.75, 3.05) is 0 Å². The summed E-state index contributed by atoms with van der Waals surface area (Å²) < 4.78 is 0. The van der Waals surface area contributed by atoms with Gasteiger partial charge in [-0.3, -0.25) is 24.9 Å². The fourth-order valence-corrected chi connectivity index (χ4v) is 2.03. The predicted molar refractivity (Wildman–Crippen MR) is 64.8 cm³/mol. The smallest absolute Gasteiger partial charge is 0.278 e. The van der Waals surface area contributed by atoms with E-state index >= 15 is 0 Å². The van der Waals surface area contributed by atoms with Crippen molar-refractivity contribution in [2.45, 2.75) is 25.8 Å². The topological polar surface area (TPSA) is 110 Å². The number of imide groups is 1. The second-order valence-electron chi connectivity index (χ2n) is 4.55. The van der Waals surface area contributed by atoms with Crippen LogP contribution in [0.4, 0.5) is 0 Å². The standard InChI is InChI=1S/C13H14N2O5/c1-7-8(3-2-4-10(7)16)13(19)15(20)9-5-6-11(17)14-12(9)18/h2-4,9,16,20H,5-6H2,1H3,(H,14,17,18)/p-1. The van der Waals surface area contributed by atoms with Crippen molar-refractivity contribution < 1.29 is 24.7 Å². The van der Waals surface area contributed by atoms with E-state index in [1.54, 1.807) is 0 Å². The van der Waals surface area contributed by atoms with Crippen molar-refractivity contribution in [1.82, 2.24) is 10.4 Å². The Kier molecular flexibility index (Phi) is 3.71. The zero-order valence-corrected chi connectivity index (χ0v) is 10.8. The molecule has 0 radical (unpaired) electrons. The summed E-state index contributed by atoms with van der Waals surface area (Å²) in [6, 6.07) is 2.98. The highest BCUT2D eigenvalue weighted by Crippen LogP contribution is 2.20. The van der Waals surface area contributed by atoms with E-state index in [9.17, 15) is 24.7 Å². The summed E-state index contributed by atoms with van der Waals surface area (Å²) >= 11 is 0. The van der Waals surface area contributed by atoms with Crippen molar-refractivity contribution in [3.63, 3.8) is 0 Å². The van der Waals surface area contributed by atoms with Crippen LogP contribution >= 0.6 is 0 Å². The van der Waals surface area contributed by atoms with E-state index in [1.807, 2.05) is 5.32 Å². The first-order valence-electron chi connectivity index (χ1n) is 6.04. The van der Waals surface area contributed by atoms with Gasteiger partial charge in [-0.1, -0.05) is 12.1 Å². The Balaban J connectivity index is 2.22. The summed E-state index contributed by atoms with van der Waals surface area (Å²) in [4.78, 5) is 34.7. The van der Waals surface area contributed by atoms with Crippen molar-refractivity contribution in [3.05, 3.63) is 29.3 Å². The molecule has 0 bridgehead atoms. The molecule has 0 aromatic heterocycles. The Morgan fingerprint density at radius 1 is 1.45 bits per heavy atom. The number of benzene rings is 1. The highest BCUT2D eigenvalue weighted by atomic mass is 16.5. The Hall–Kier alpha value is -2.41. The largest absolute Gasteiger partial charge is 0.872 e. The van der Waals surface area contributed by atoms with Crippen LogP contribution in [0.1, 0.15) is 28.8 Å². The monoisotopic (exact) mass is 277 g/mol. The van der Waals surface area contributed by atoms with Crippen molar-refractivity contribution in [2.24, 2.45) is 0 Å². The Labute approximate surface area is 114 Å². The Morgan fingerprint density at radius 3 is 2.80 bits per heavy atom. The van der Waals surface area contributed by atoms with Crippen LogP contribution < -0.4 is 10.4 Å². The Morgan fingerprint density at radius 2 is 2.15 bits per heavy atom. The summed E-state index contributed by atoms with van der Waals surface area (Å²) in [5.74, 6) is -2.33. The van der Waals surface area contributed by atoms with Crippen molar-refractivity contribution in [1.29, 1.82) is 0 Å². The molecule has 3 amide bonds. The third kappa shape index (κ3) is 2.48. The average Bonchev–Trinajstić information content (AvgIpc) is 2.40. The number of hydrogen-bond donors (Lipinski definition) is 2. The average molecular weight is 277 g/mol. The third-order valence-electron chi connectivity index (χ3n) is 3.23. The highest BCUT2D eigenvalue weighted by molar-refractivity contribution is 6.03. The minimum absolute atomic E-state index is 0.0321. The lowest BCUT2D eigenvalue weighted by Crippen LogP contribution is -2.53. The predicted octanol–water partition coefficient (Wildman–Crippen LogP) is -0.295. The van der Waals surface area contributed by atoms with Crippen LogP contribution in [0.5, 0.6) is 5.75 Å². The van der Waals surface area contributed by atoms with E-state index in [0.717, 1.165) is 0 Å². The molecule has 7 nitrogen and oxygen atoms in total. The molecule has 0 spiro atoms. The molecule has 2 N–H and O–H groups in total. The summed E-state index contributed by atoms with van der Waals surface area (Å²) in [5.41, 5.74) is 0.230. The molecule has 106 valence electrons. The van der Waals surface area contributed by atoms with Crippen LogP contribution in [0.3, 0.4) is 0 Å². The van der Waals surface area contributed by atoms with Crippen LogP contribution in [0, 0.1) is 6.92 Å². The molecule has 1 aromatic carbocycles. The van der Waals surface area contributed by atoms with Crippen LogP contribution in [0.25, 0.3) is 0 Å². The second-order valence-corrected chi connectivity index (χ2v) is 4.55. The molecule has 2 rings (SSSR count). The zero-order valence-electron chi connectivity index (χ0n) is 10.8. The third-order valence-corrected chi connectivity index (χ3v) is 3.23. The van der Waals surface area contributed by atoms with Crippen LogP contribution in [-0.4, -0.2) is 34.0 Å². The van der Waals surface area contributed by atoms with E-state index in [4.69, 9.17) is 0 Å². The number of piperidine rings is 1. The lowest BCUT2D eigenvalue weighted by Gasteiger charge is -2.28. The highest BCUT2D eigenvalue weighted by Gasteiger charge is 2.34. The molecular weight excluding hydrogens is 264 g/mol. The fourth-order valence-electron chi connectivity index (χ4n) is 2.03. The van der Waals surface area contributed by atoms with Crippen LogP contribution in [0.15, 0.2) is 18.2 Å². The fraction of sp³-hybridized carbons (Fsp3) is 0.308. The molecule has 7 heteroatoms. The van der Waals surface area contributed by atoms with E-state index in [1.165, 1.54) is 25.1 Å². The first-order valence-corrected chi connectivity index (χ1v) is 6.04. The number of carbonyl (C=O) groups is 3. The maximum Gasteiger partial charge on any atom is 0.278 e. The Bertz CT molecular complexity index is 584. The van der Waals surface area contributed by atoms with E-state index < -0.39 is 23.8 Å². The van der Waals surface area contributed by atoms with Gasteiger partial charge in [-0.25, -0.2) is 5.06 Å². The van der Waals surface area contributed by atoms with Gasteiger partial charge in [-0.15, -0.1) is 5.75 Å². The van der Waals surface area contributed by atoms with Crippen molar-refractivity contribution >= 4 is 17.7 Å². The molecular formula is C13H13N2O5-. The van der Waals surface area contributed by atoms with E-state index in [0.29, 0.717) is 0 Å². The molecule has 20 heavy (non-hydrogen) atoms. The van der Waals surface area contributed by atoms with Gasteiger partial charge in [-0.05, 0) is 25.0 Å². The number of hydroxylamine groups is 2. The molecule has 0 saturated carbocycles. The molecule has 1 unspecified atom stereocenters. The first kappa shape index (κ1) is 14.0. The van der Waals surface area contributed by atoms with Crippen LogP contribution in [-0.2, 0) is 9.59 Å². The lowest BCUT2D eigenvalue weighted by molar-refractivity contribution is -0.269. The molecule has 1 aliphatic heterocycles. The summed E-state index contributed by atoms with van der Waals surface area (Å²) in [6.45, 7) is 1.47. The van der Waals surface area contributed by atoms with Crippen LogP contribution in [0.2, 0.25) is 0 Å². The number of rotatable bonds is 2. The molecule has 1 aliphatic rings. The summed E-state index contributed by atoms with van der Waals surface area (Å²) in [5, 5.41) is 23.7. The molecule has 1 fully saturated rings. The SMILES string of the molecule is Cc1c([O-])cccc1C(=O)N(O)C1CCC(=O)NC1=O. The first-order chi connectivity index (χ1) is 9.41. The summed E-state index contributed by atoms with van der Waals surface area (Å²) in [6.07, 6.45) is 0.0876. The zero-order chi connectivity index (χ0) is 14.9.